The first-order valence-electron chi connectivity index (χ1n) is 7.06. The van der Waals surface area contributed by atoms with Crippen molar-refractivity contribution in [3.63, 3.8) is 0 Å². The van der Waals surface area contributed by atoms with Crippen LogP contribution in [0.3, 0.4) is 0 Å². The van der Waals surface area contributed by atoms with E-state index in [0.717, 1.165) is 0 Å². The van der Waals surface area contributed by atoms with Gasteiger partial charge in [0.05, 0.1) is 29.2 Å². The van der Waals surface area contributed by atoms with Gasteiger partial charge in [0, 0.05) is 13.2 Å². The van der Waals surface area contributed by atoms with E-state index >= 15 is 0 Å². The van der Waals surface area contributed by atoms with Crippen molar-refractivity contribution in [1.82, 2.24) is 15.1 Å². The number of aromatic nitrogens is 2. The first-order chi connectivity index (χ1) is 10.4. The third-order valence-electron chi connectivity index (χ3n) is 3.38. The van der Waals surface area contributed by atoms with Gasteiger partial charge in [-0.1, -0.05) is 0 Å². The van der Waals surface area contributed by atoms with E-state index in [4.69, 9.17) is 4.74 Å². The molecule has 0 unspecified atom stereocenters. The largest absolute Gasteiger partial charge is 0.383 e. The molecule has 1 aromatic carbocycles. The lowest BCUT2D eigenvalue weighted by Crippen LogP contribution is -2.36. The minimum atomic E-state index is -0.309. The number of nitrogens with zero attached hydrogens (tertiary/aromatic N) is 2. The van der Waals surface area contributed by atoms with Gasteiger partial charge in [0.15, 0.2) is 0 Å². The Morgan fingerprint density at radius 1 is 1.36 bits per heavy atom. The lowest BCUT2D eigenvalue weighted by atomic mass is 10.1. The smallest absolute Gasteiger partial charge is 0.255 e. The van der Waals surface area contributed by atoms with Crippen molar-refractivity contribution in [1.29, 1.82) is 0 Å². The van der Waals surface area contributed by atoms with Crippen LogP contribution < -0.4 is 5.32 Å². The molecular formula is C16H20FN3O2. The Bertz CT molecular complexity index is 665. The van der Waals surface area contributed by atoms with Crippen LogP contribution in [0, 0.1) is 19.7 Å². The van der Waals surface area contributed by atoms with Crippen LogP contribution >= 0.6 is 0 Å². The molecule has 118 valence electrons. The normalized spacial score (nSPS) is 12.2. The third kappa shape index (κ3) is 3.33. The van der Waals surface area contributed by atoms with Gasteiger partial charge in [-0.3, -0.25) is 4.79 Å². The van der Waals surface area contributed by atoms with Gasteiger partial charge in [0.25, 0.3) is 5.91 Å². The van der Waals surface area contributed by atoms with Crippen molar-refractivity contribution < 1.29 is 13.9 Å². The highest BCUT2D eigenvalue weighted by Crippen LogP contribution is 2.18. The van der Waals surface area contributed by atoms with Crippen molar-refractivity contribution in [3.8, 4) is 5.69 Å². The van der Waals surface area contributed by atoms with Crippen LogP contribution in [0.5, 0.6) is 0 Å². The third-order valence-corrected chi connectivity index (χ3v) is 3.38. The number of halogens is 1. The summed E-state index contributed by atoms with van der Waals surface area (Å²) >= 11 is 0. The molecule has 0 saturated carbocycles. The van der Waals surface area contributed by atoms with Crippen LogP contribution in [0.4, 0.5) is 4.39 Å². The van der Waals surface area contributed by atoms with E-state index in [0.29, 0.717) is 29.2 Å². The maximum Gasteiger partial charge on any atom is 0.255 e. The second-order valence-corrected chi connectivity index (χ2v) is 5.26. The summed E-state index contributed by atoms with van der Waals surface area (Å²) in [5.41, 5.74) is 2.59. The molecule has 0 aliphatic heterocycles. The van der Waals surface area contributed by atoms with Crippen LogP contribution in [0.2, 0.25) is 0 Å². The number of ether oxygens (including phenoxy) is 1. The molecule has 0 fully saturated rings. The molecule has 0 saturated heterocycles. The fourth-order valence-corrected chi connectivity index (χ4v) is 2.39. The topological polar surface area (TPSA) is 56.1 Å². The highest BCUT2D eigenvalue weighted by atomic mass is 19.1. The Morgan fingerprint density at radius 3 is 2.59 bits per heavy atom. The summed E-state index contributed by atoms with van der Waals surface area (Å²) in [6.07, 6.45) is 0. The van der Waals surface area contributed by atoms with Crippen LogP contribution in [0.1, 0.15) is 28.7 Å². The number of methoxy groups -OCH3 is 1. The number of hydrogen-bond acceptors (Lipinski definition) is 3. The van der Waals surface area contributed by atoms with Gasteiger partial charge in [-0.25, -0.2) is 9.07 Å². The molecule has 2 aromatic rings. The standard InChI is InChI=1S/C16H20FN3O2/c1-10(9-22-4)18-16(21)15-11(2)19-20(12(15)3)14-7-5-13(17)6-8-14/h5-8,10H,9H2,1-4H3,(H,18,21)/t10-/m1/s1. The van der Waals surface area contributed by atoms with E-state index in [1.54, 1.807) is 30.8 Å². The summed E-state index contributed by atoms with van der Waals surface area (Å²) in [4.78, 5) is 12.4. The molecular weight excluding hydrogens is 285 g/mol. The molecule has 1 aromatic heterocycles. The number of aryl methyl sites for hydroxylation is 1. The van der Waals surface area contributed by atoms with Crippen molar-refractivity contribution >= 4 is 5.91 Å². The molecule has 1 heterocycles. The summed E-state index contributed by atoms with van der Waals surface area (Å²) in [6.45, 7) is 5.91. The van der Waals surface area contributed by atoms with Gasteiger partial charge < -0.3 is 10.1 Å². The number of carbonyl (C=O) groups is 1. The SMILES string of the molecule is COC[C@@H](C)NC(=O)c1c(C)nn(-c2ccc(F)cc2)c1C. The van der Waals surface area contributed by atoms with E-state index in [1.807, 2.05) is 13.8 Å². The Kier molecular flexibility index (Phi) is 4.92. The van der Waals surface area contributed by atoms with Crippen molar-refractivity contribution in [3.05, 3.63) is 47.0 Å². The molecule has 1 amide bonds. The first kappa shape index (κ1) is 16.2. The Labute approximate surface area is 129 Å². The van der Waals surface area contributed by atoms with Crippen molar-refractivity contribution in [2.45, 2.75) is 26.8 Å². The zero-order chi connectivity index (χ0) is 16.3. The van der Waals surface area contributed by atoms with Crippen LogP contribution in [-0.4, -0.2) is 35.4 Å². The van der Waals surface area contributed by atoms with Crippen LogP contribution in [-0.2, 0) is 4.74 Å². The number of hydrogen-bond donors (Lipinski definition) is 1. The number of carbonyl (C=O) groups excluding carboxylic acids is 1. The molecule has 1 N–H and O–H groups in total. The van der Waals surface area contributed by atoms with E-state index in [2.05, 4.69) is 10.4 Å². The van der Waals surface area contributed by atoms with E-state index in [-0.39, 0.29) is 17.8 Å². The van der Waals surface area contributed by atoms with Crippen molar-refractivity contribution in [2.75, 3.05) is 13.7 Å². The fourth-order valence-electron chi connectivity index (χ4n) is 2.39. The lowest BCUT2D eigenvalue weighted by molar-refractivity contribution is 0.0904. The number of rotatable bonds is 5. The molecule has 0 radical (unpaired) electrons. The van der Waals surface area contributed by atoms with Gasteiger partial charge >= 0.3 is 0 Å². The number of nitrogens with one attached hydrogen (secondary N) is 1. The predicted octanol–water partition coefficient (Wildman–Crippen LogP) is 2.39. The minimum Gasteiger partial charge on any atom is -0.383 e. The molecule has 0 bridgehead atoms. The average Bonchev–Trinajstić information content (AvgIpc) is 2.75. The molecule has 5 nitrogen and oxygen atoms in total. The number of amides is 1. The number of benzene rings is 1. The van der Waals surface area contributed by atoms with Gasteiger partial charge in [-0.2, -0.15) is 5.10 Å². The second kappa shape index (κ2) is 6.70. The fraction of sp³-hybridized carbons (Fsp3) is 0.375. The second-order valence-electron chi connectivity index (χ2n) is 5.26. The van der Waals surface area contributed by atoms with E-state index in [9.17, 15) is 9.18 Å². The van der Waals surface area contributed by atoms with Crippen LogP contribution in [0.15, 0.2) is 24.3 Å². The first-order valence-corrected chi connectivity index (χ1v) is 7.06. The average molecular weight is 305 g/mol. The molecule has 2 rings (SSSR count). The zero-order valence-electron chi connectivity index (χ0n) is 13.2. The van der Waals surface area contributed by atoms with Gasteiger partial charge in [-0.15, -0.1) is 0 Å². The minimum absolute atomic E-state index is 0.0922. The summed E-state index contributed by atoms with van der Waals surface area (Å²) in [7, 11) is 1.59. The van der Waals surface area contributed by atoms with Crippen molar-refractivity contribution in [2.24, 2.45) is 0 Å². The Hall–Kier alpha value is -2.21. The molecule has 22 heavy (non-hydrogen) atoms. The lowest BCUT2D eigenvalue weighted by Gasteiger charge is -2.13. The van der Waals surface area contributed by atoms with Crippen LogP contribution in [0.25, 0.3) is 5.69 Å². The Morgan fingerprint density at radius 2 is 2.00 bits per heavy atom. The summed E-state index contributed by atoms with van der Waals surface area (Å²) in [5.74, 6) is -0.496. The maximum atomic E-state index is 13.0. The summed E-state index contributed by atoms with van der Waals surface area (Å²) in [5, 5.41) is 7.26. The van der Waals surface area contributed by atoms with E-state index < -0.39 is 0 Å². The molecule has 6 heteroatoms. The summed E-state index contributed by atoms with van der Waals surface area (Å²) < 4.78 is 19.7. The summed E-state index contributed by atoms with van der Waals surface area (Å²) in [6, 6.07) is 5.90. The van der Waals surface area contributed by atoms with Gasteiger partial charge in [-0.05, 0) is 45.0 Å². The molecule has 0 aliphatic carbocycles. The van der Waals surface area contributed by atoms with Gasteiger partial charge in [0.2, 0.25) is 0 Å². The predicted molar refractivity (Wildman–Crippen MR) is 81.8 cm³/mol. The zero-order valence-corrected chi connectivity index (χ0v) is 13.2. The van der Waals surface area contributed by atoms with Gasteiger partial charge in [0.1, 0.15) is 5.82 Å². The Balaban J connectivity index is 2.31. The molecule has 1 atom stereocenters. The highest BCUT2D eigenvalue weighted by molar-refractivity contribution is 5.96. The quantitative estimate of drug-likeness (QED) is 0.923. The molecule has 0 spiro atoms. The maximum absolute atomic E-state index is 13.0. The monoisotopic (exact) mass is 305 g/mol. The molecule has 0 aliphatic rings. The highest BCUT2D eigenvalue weighted by Gasteiger charge is 2.20. The van der Waals surface area contributed by atoms with E-state index in [1.165, 1.54) is 12.1 Å².